The third-order valence-electron chi connectivity index (χ3n) is 6.62. The molecule has 7 rings (SSSR count). The molecule has 0 aliphatic heterocycles. The summed E-state index contributed by atoms with van der Waals surface area (Å²) in [4.78, 5) is 12.3. The summed E-state index contributed by atoms with van der Waals surface area (Å²) in [5.74, 6) is 0.459. The maximum Gasteiger partial charge on any atom is 0.332 e. The SMILES string of the molecule is [C-]#[N+]c1cc(C#N)nc(-n2c3ccccc3c3cc(-n4c5ccccc5c5ccccc54)ccc32)n1. The number of aromatic nitrogens is 4. The third kappa shape index (κ3) is 2.76. The van der Waals surface area contributed by atoms with E-state index in [0.29, 0.717) is 5.95 Å². The number of benzene rings is 4. The second-order valence-corrected chi connectivity index (χ2v) is 8.56. The zero-order valence-electron chi connectivity index (χ0n) is 18.9. The zero-order valence-corrected chi connectivity index (χ0v) is 18.9. The van der Waals surface area contributed by atoms with E-state index in [0.717, 1.165) is 38.5 Å². The maximum absolute atomic E-state index is 9.47. The van der Waals surface area contributed by atoms with Crippen LogP contribution >= 0.6 is 0 Å². The Morgan fingerprint density at radius 2 is 1.19 bits per heavy atom. The number of nitriles is 1. The lowest BCUT2D eigenvalue weighted by Gasteiger charge is -2.09. The topological polar surface area (TPSA) is 63.8 Å². The van der Waals surface area contributed by atoms with Crippen LogP contribution in [0.25, 0.3) is 60.1 Å². The molecule has 7 aromatic rings. The molecule has 36 heavy (non-hydrogen) atoms. The second kappa shape index (κ2) is 7.53. The van der Waals surface area contributed by atoms with Crippen molar-refractivity contribution in [1.82, 2.24) is 19.1 Å². The molecule has 6 nitrogen and oxygen atoms in total. The van der Waals surface area contributed by atoms with E-state index < -0.39 is 0 Å². The van der Waals surface area contributed by atoms with Gasteiger partial charge in [0.15, 0.2) is 0 Å². The highest BCUT2D eigenvalue weighted by Gasteiger charge is 2.19. The monoisotopic (exact) mass is 460 g/mol. The van der Waals surface area contributed by atoms with Crippen LogP contribution in [0.2, 0.25) is 0 Å². The van der Waals surface area contributed by atoms with Crippen LogP contribution in [0, 0.1) is 17.9 Å². The van der Waals surface area contributed by atoms with Crippen molar-refractivity contribution in [2.45, 2.75) is 0 Å². The Morgan fingerprint density at radius 1 is 0.639 bits per heavy atom. The van der Waals surface area contributed by atoms with E-state index in [9.17, 15) is 5.26 Å². The molecule has 6 heteroatoms. The predicted molar refractivity (Wildman–Crippen MR) is 142 cm³/mol. The van der Waals surface area contributed by atoms with Gasteiger partial charge in [0.2, 0.25) is 0 Å². The van der Waals surface area contributed by atoms with Gasteiger partial charge in [0.1, 0.15) is 11.8 Å². The molecule has 166 valence electrons. The van der Waals surface area contributed by atoms with Crippen LogP contribution in [0.3, 0.4) is 0 Å². The summed E-state index contributed by atoms with van der Waals surface area (Å²) >= 11 is 0. The largest absolute Gasteiger partial charge is 0.360 e. The molecule has 0 aliphatic carbocycles. The van der Waals surface area contributed by atoms with E-state index in [1.165, 1.54) is 16.8 Å². The molecule has 0 atom stereocenters. The Hall–Kier alpha value is -5.46. The standard InChI is InChI=1S/C30H16N6/c1-32-29-16-19(18-31)33-30(34-29)36-27-13-7-4-10-23(27)24-17-20(14-15-28(24)36)35-25-11-5-2-8-21(25)22-9-3-6-12-26(22)35/h2-17H. The van der Waals surface area contributed by atoms with Gasteiger partial charge in [-0.05, 0) is 36.4 Å². The van der Waals surface area contributed by atoms with Gasteiger partial charge >= 0.3 is 5.95 Å². The average Bonchev–Trinajstić information content (AvgIpc) is 3.45. The molecule has 0 radical (unpaired) electrons. The van der Waals surface area contributed by atoms with Crippen LogP contribution in [0.15, 0.2) is 97.1 Å². The molecular formula is C30H16N6. The molecule has 3 heterocycles. The summed E-state index contributed by atoms with van der Waals surface area (Å²) < 4.78 is 4.22. The van der Waals surface area contributed by atoms with Crippen LogP contribution in [-0.2, 0) is 0 Å². The van der Waals surface area contributed by atoms with Crippen molar-refractivity contribution < 1.29 is 0 Å². The molecule has 3 aromatic heterocycles. The first-order valence-corrected chi connectivity index (χ1v) is 11.5. The van der Waals surface area contributed by atoms with Crippen molar-refractivity contribution in [3.05, 3.63) is 114 Å². The molecule has 0 spiro atoms. The van der Waals surface area contributed by atoms with Gasteiger partial charge in [-0.1, -0.05) is 66.2 Å². The molecule has 0 aliphatic rings. The van der Waals surface area contributed by atoms with E-state index in [1.54, 1.807) is 0 Å². The van der Waals surface area contributed by atoms with Crippen molar-refractivity contribution in [2.24, 2.45) is 0 Å². The first kappa shape index (κ1) is 20.0. The van der Waals surface area contributed by atoms with Gasteiger partial charge in [-0.15, -0.1) is 0 Å². The smallest absolute Gasteiger partial charge is 0.332 e. The van der Waals surface area contributed by atoms with Crippen LogP contribution in [0.4, 0.5) is 5.82 Å². The number of para-hydroxylation sites is 3. The molecule has 0 saturated heterocycles. The van der Waals surface area contributed by atoms with Crippen molar-refractivity contribution >= 4 is 49.4 Å². The van der Waals surface area contributed by atoms with Crippen molar-refractivity contribution in [3.63, 3.8) is 0 Å². The maximum atomic E-state index is 9.47. The van der Waals surface area contributed by atoms with Crippen LogP contribution in [-0.4, -0.2) is 19.1 Å². The minimum atomic E-state index is 0.143. The Kier molecular flexibility index (Phi) is 4.17. The van der Waals surface area contributed by atoms with Crippen molar-refractivity contribution in [3.8, 4) is 17.7 Å². The molecular weight excluding hydrogens is 444 g/mol. The average molecular weight is 461 g/mol. The molecule has 0 bridgehead atoms. The van der Waals surface area contributed by atoms with E-state index in [-0.39, 0.29) is 11.5 Å². The fraction of sp³-hybridized carbons (Fsp3) is 0. The lowest BCUT2D eigenvalue weighted by Crippen LogP contribution is -2.02. The lowest BCUT2D eigenvalue weighted by molar-refractivity contribution is 0.986. The van der Waals surface area contributed by atoms with E-state index in [1.807, 2.05) is 22.8 Å². The number of nitrogens with zero attached hydrogens (tertiary/aromatic N) is 6. The van der Waals surface area contributed by atoms with Crippen LogP contribution in [0.1, 0.15) is 5.69 Å². The van der Waals surface area contributed by atoms with Crippen LogP contribution in [0.5, 0.6) is 0 Å². The molecule has 0 fully saturated rings. The molecule has 0 N–H and O–H groups in total. The summed E-state index contributed by atoms with van der Waals surface area (Å²) in [6.07, 6.45) is 0. The van der Waals surface area contributed by atoms with Gasteiger partial charge in [0, 0.05) is 33.3 Å². The highest BCUT2D eigenvalue weighted by Crippen LogP contribution is 2.36. The molecule has 0 amide bonds. The number of rotatable bonds is 2. The number of fused-ring (bicyclic) bond motifs is 6. The third-order valence-corrected chi connectivity index (χ3v) is 6.62. The fourth-order valence-electron chi connectivity index (χ4n) is 5.15. The Balaban J connectivity index is 1.57. The highest BCUT2D eigenvalue weighted by atomic mass is 15.2. The predicted octanol–water partition coefficient (Wildman–Crippen LogP) is 7.09. The number of hydrogen-bond acceptors (Lipinski definition) is 3. The van der Waals surface area contributed by atoms with Gasteiger partial charge in [-0.25, -0.2) is 0 Å². The lowest BCUT2D eigenvalue weighted by atomic mass is 10.1. The van der Waals surface area contributed by atoms with E-state index in [4.69, 9.17) is 6.57 Å². The van der Waals surface area contributed by atoms with Gasteiger partial charge in [-0.2, -0.15) is 10.2 Å². The Labute approximate surface area is 205 Å². The fourth-order valence-corrected chi connectivity index (χ4v) is 5.15. The van der Waals surface area contributed by atoms with E-state index in [2.05, 4.69) is 98.2 Å². The normalized spacial score (nSPS) is 11.3. The highest BCUT2D eigenvalue weighted by molar-refractivity contribution is 6.12. The summed E-state index contributed by atoms with van der Waals surface area (Å²) in [5, 5.41) is 14.0. The Bertz CT molecular complexity index is 2000. The van der Waals surface area contributed by atoms with Crippen LogP contribution < -0.4 is 0 Å². The minimum absolute atomic E-state index is 0.143. The van der Waals surface area contributed by atoms with Gasteiger partial charge in [0.25, 0.3) is 5.82 Å². The molecule has 0 saturated carbocycles. The minimum Gasteiger partial charge on any atom is -0.360 e. The summed E-state index contributed by atoms with van der Waals surface area (Å²) in [6.45, 7) is 7.42. The van der Waals surface area contributed by atoms with Gasteiger partial charge in [-0.3, -0.25) is 4.57 Å². The second-order valence-electron chi connectivity index (χ2n) is 8.56. The van der Waals surface area contributed by atoms with Gasteiger partial charge in [0.05, 0.1) is 22.1 Å². The first-order chi connectivity index (χ1) is 17.8. The van der Waals surface area contributed by atoms with Gasteiger partial charge < -0.3 is 9.41 Å². The quantitative estimate of drug-likeness (QED) is 0.259. The summed E-state index contributed by atoms with van der Waals surface area (Å²) in [7, 11) is 0. The molecule has 0 unspecified atom stereocenters. The summed E-state index contributed by atoms with van der Waals surface area (Å²) in [5.41, 5.74) is 5.34. The van der Waals surface area contributed by atoms with Crippen molar-refractivity contribution in [2.75, 3.05) is 0 Å². The molecule has 4 aromatic carbocycles. The summed E-state index contributed by atoms with van der Waals surface area (Å²) in [6, 6.07) is 34.8. The zero-order chi connectivity index (χ0) is 24.2. The number of hydrogen-bond donors (Lipinski definition) is 0. The Morgan fingerprint density at radius 3 is 1.81 bits per heavy atom. The van der Waals surface area contributed by atoms with E-state index >= 15 is 0 Å². The first-order valence-electron chi connectivity index (χ1n) is 11.5. The van der Waals surface area contributed by atoms with Crippen molar-refractivity contribution in [1.29, 1.82) is 5.26 Å².